The van der Waals surface area contributed by atoms with Gasteiger partial charge in [-0.05, 0) is 25.3 Å². The van der Waals surface area contributed by atoms with Gasteiger partial charge in [0.15, 0.2) is 0 Å². The topological polar surface area (TPSA) is 81.4 Å². The summed E-state index contributed by atoms with van der Waals surface area (Å²) >= 11 is 0. The van der Waals surface area contributed by atoms with E-state index < -0.39 is 0 Å². The van der Waals surface area contributed by atoms with E-state index in [1.807, 2.05) is 0 Å². The molecule has 0 atom stereocenters. The number of nitrogens with two attached hydrogens (primary N) is 1. The van der Waals surface area contributed by atoms with Crippen molar-refractivity contribution in [1.82, 2.24) is 5.32 Å². The number of ether oxygens (including phenoxy) is 1. The molecule has 5 nitrogen and oxygen atoms in total. The van der Waals surface area contributed by atoms with Crippen LogP contribution in [-0.2, 0) is 14.3 Å². The molecular weight excluding hydrogens is 328 g/mol. The summed E-state index contributed by atoms with van der Waals surface area (Å²) < 4.78 is 4.82. The molecule has 0 aliphatic carbocycles. The van der Waals surface area contributed by atoms with E-state index in [9.17, 15) is 9.59 Å². The van der Waals surface area contributed by atoms with Crippen molar-refractivity contribution >= 4 is 11.9 Å². The summed E-state index contributed by atoms with van der Waals surface area (Å²) in [6, 6.07) is 0. The second-order valence-corrected chi connectivity index (χ2v) is 6.25. The fourth-order valence-corrected chi connectivity index (χ4v) is 2.13. The third-order valence-corrected chi connectivity index (χ3v) is 3.74. The molecule has 152 valence electrons. The number of unbranched alkanes of at least 4 members (excludes halogenated alkanes) is 7. The Labute approximate surface area is 160 Å². The van der Waals surface area contributed by atoms with Crippen LogP contribution in [0.25, 0.3) is 0 Å². The minimum absolute atomic E-state index is 0.0615. The van der Waals surface area contributed by atoms with Crippen LogP contribution in [0.5, 0.6) is 0 Å². The highest BCUT2D eigenvalue weighted by Crippen LogP contribution is 2.08. The van der Waals surface area contributed by atoms with Crippen LogP contribution in [0.4, 0.5) is 0 Å². The van der Waals surface area contributed by atoms with E-state index in [0.29, 0.717) is 12.1 Å². The Morgan fingerprint density at radius 1 is 1.00 bits per heavy atom. The molecule has 1 amide bonds. The van der Waals surface area contributed by atoms with E-state index in [0.717, 1.165) is 38.6 Å². The van der Waals surface area contributed by atoms with Gasteiger partial charge in [0, 0.05) is 18.7 Å². The molecule has 0 aromatic carbocycles. The quantitative estimate of drug-likeness (QED) is 0.257. The summed E-state index contributed by atoms with van der Waals surface area (Å²) in [7, 11) is 0. The fraction of sp³-hybridized carbons (Fsp3) is 0.714. The highest BCUT2D eigenvalue weighted by Gasteiger charge is 2.06. The molecule has 0 heterocycles. The van der Waals surface area contributed by atoms with Gasteiger partial charge in [0.05, 0.1) is 0 Å². The molecule has 0 rings (SSSR count). The highest BCUT2D eigenvalue weighted by atomic mass is 16.5. The zero-order chi connectivity index (χ0) is 20.0. The Balaban J connectivity index is 0. The first-order valence-corrected chi connectivity index (χ1v) is 9.98. The van der Waals surface area contributed by atoms with Gasteiger partial charge in [-0.15, -0.1) is 0 Å². The first-order valence-electron chi connectivity index (χ1n) is 9.98. The first-order chi connectivity index (χ1) is 12.5. The molecule has 3 N–H and O–H groups in total. The van der Waals surface area contributed by atoms with E-state index >= 15 is 0 Å². The zero-order valence-electron chi connectivity index (χ0n) is 17.0. The fourth-order valence-electron chi connectivity index (χ4n) is 2.13. The Hall–Kier alpha value is -1.62. The largest absolute Gasteiger partial charge is 0.461 e. The number of hydrogen-bond acceptors (Lipinski definition) is 4. The van der Waals surface area contributed by atoms with Crippen molar-refractivity contribution in [1.29, 1.82) is 0 Å². The van der Waals surface area contributed by atoms with Gasteiger partial charge >= 0.3 is 5.97 Å². The van der Waals surface area contributed by atoms with Crippen LogP contribution in [0.3, 0.4) is 0 Å². The Morgan fingerprint density at radius 3 is 2.15 bits per heavy atom. The van der Waals surface area contributed by atoms with Gasteiger partial charge in [-0.3, -0.25) is 4.79 Å². The molecule has 0 radical (unpaired) electrons. The summed E-state index contributed by atoms with van der Waals surface area (Å²) in [5.41, 5.74) is 5.75. The second kappa shape index (κ2) is 21.4. The number of carbonyl (C=O) groups excluding carboxylic acids is 2. The number of esters is 1. The van der Waals surface area contributed by atoms with E-state index in [-0.39, 0.29) is 18.5 Å². The summed E-state index contributed by atoms with van der Waals surface area (Å²) in [5, 5.41) is 2.77. The molecule has 0 saturated heterocycles. The van der Waals surface area contributed by atoms with Crippen LogP contribution < -0.4 is 11.1 Å². The van der Waals surface area contributed by atoms with Crippen LogP contribution in [-0.4, -0.2) is 31.6 Å². The molecule has 0 aromatic rings. The number of nitrogens with one attached hydrogen (secondary N) is 1. The lowest BCUT2D eigenvalue weighted by Crippen LogP contribution is -2.21. The predicted octanol–water partition coefficient (Wildman–Crippen LogP) is 4.27. The van der Waals surface area contributed by atoms with Crippen molar-refractivity contribution < 1.29 is 14.3 Å². The summed E-state index contributed by atoms with van der Waals surface area (Å²) in [6.07, 6.45) is 12.9. The van der Waals surface area contributed by atoms with Gasteiger partial charge < -0.3 is 15.8 Å². The van der Waals surface area contributed by atoms with Crippen molar-refractivity contribution in [3.63, 3.8) is 0 Å². The Morgan fingerprint density at radius 2 is 1.58 bits per heavy atom. The molecule has 0 bridgehead atoms. The molecule has 0 saturated carbocycles. The summed E-state index contributed by atoms with van der Waals surface area (Å²) in [4.78, 5) is 21.8. The van der Waals surface area contributed by atoms with Crippen molar-refractivity contribution in [2.24, 2.45) is 5.73 Å². The van der Waals surface area contributed by atoms with Crippen LogP contribution in [0.15, 0.2) is 24.8 Å². The summed E-state index contributed by atoms with van der Waals surface area (Å²) in [6.45, 7) is 12.8. The maximum atomic E-state index is 11.1. The SMILES string of the molecule is C=C(CCCCC)C(=O)OCCN.C=CC(=O)NCCCCCCCC. The van der Waals surface area contributed by atoms with Crippen LogP contribution in [0.1, 0.15) is 78.1 Å². The maximum Gasteiger partial charge on any atom is 0.333 e. The van der Waals surface area contributed by atoms with Crippen molar-refractivity contribution in [3.05, 3.63) is 24.8 Å². The maximum absolute atomic E-state index is 11.1. The number of carbonyl (C=O) groups is 2. The van der Waals surface area contributed by atoms with Gasteiger partial charge in [0.1, 0.15) is 6.61 Å². The third kappa shape index (κ3) is 20.4. The van der Waals surface area contributed by atoms with Crippen LogP contribution >= 0.6 is 0 Å². The molecule has 5 heteroatoms. The van der Waals surface area contributed by atoms with E-state index in [1.54, 1.807) is 0 Å². The van der Waals surface area contributed by atoms with Gasteiger partial charge in [-0.25, -0.2) is 4.79 Å². The average molecular weight is 369 g/mol. The van der Waals surface area contributed by atoms with E-state index in [4.69, 9.17) is 10.5 Å². The lowest BCUT2D eigenvalue weighted by molar-refractivity contribution is -0.138. The van der Waals surface area contributed by atoms with Crippen LogP contribution in [0, 0.1) is 0 Å². The molecule has 26 heavy (non-hydrogen) atoms. The van der Waals surface area contributed by atoms with Crippen molar-refractivity contribution in [3.8, 4) is 0 Å². The predicted molar refractivity (Wildman–Crippen MR) is 110 cm³/mol. The Bertz CT molecular complexity index is 381. The molecule has 0 fully saturated rings. The van der Waals surface area contributed by atoms with Crippen molar-refractivity contribution in [2.75, 3.05) is 19.7 Å². The lowest BCUT2D eigenvalue weighted by Gasteiger charge is -2.04. The minimum Gasteiger partial charge on any atom is -0.461 e. The van der Waals surface area contributed by atoms with Crippen molar-refractivity contribution in [2.45, 2.75) is 78.1 Å². The number of rotatable bonds is 15. The average Bonchev–Trinajstić information content (AvgIpc) is 2.65. The zero-order valence-corrected chi connectivity index (χ0v) is 17.0. The van der Waals surface area contributed by atoms with Gasteiger partial charge in [0.25, 0.3) is 0 Å². The second-order valence-electron chi connectivity index (χ2n) is 6.25. The normalized spacial score (nSPS) is 9.65. The van der Waals surface area contributed by atoms with E-state index in [1.165, 1.54) is 38.2 Å². The molecule has 0 unspecified atom stereocenters. The van der Waals surface area contributed by atoms with Gasteiger partial charge in [-0.2, -0.15) is 0 Å². The standard InChI is InChI=1S/C11H21NO.C10H19NO2/c1-3-5-6-7-8-9-10-12-11(13)4-2;1-3-4-5-6-9(2)10(12)13-8-7-11/h4H,2-3,5-10H2,1H3,(H,12,13);2-8,11H2,1H3. The Kier molecular flexibility index (Phi) is 21.9. The molecular formula is C21H40N2O3. The third-order valence-electron chi connectivity index (χ3n) is 3.74. The minimum atomic E-state index is -0.304. The van der Waals surface area contributed by atoms with E-state index in [2.05, 4.69) is 32.3 Å². The lowest BCUT2D eigenvalue weighted by atomic mass is 10.1. The molecule has 0 aromatic heterocycles. The first kappa shape index (κ1) is 26.6. The van der Waals surface area contributed by atoms with Gasteiger partial charge in [-0.1, -0.05) is 72.0 Å². The molecule has 0 spiro atoms. The smallest absolute Gasteiger partial charge is 0.333 e. The molecule has 0 aliphatic heterocycles. The monoisotopic (exact) mass is 368 g/mol. The van der Waals surface area contributed by atoms with Crippen LogP contribution in [0.2, 0.25) is 0 Å². The number of amides is 1. The summed E-state index contributed by atoms with van der Waals surface area (Å²) in [5.74, 6) is -0.366. The molecule has 0 aliphatic rings. The number of hydrogen-bond donors (Lipinski definition) is 2. The van der Waals surface area contributed by atoms with Gasteiger partial charge in [0.2, 0.25) is 5.91 Å². The highest BCUT2D eigenvalue weighted by molar-refractivity contribution is 5.87.